The summed E-state index contributed by atoms with van der Waals surface area (Å²) in [5.74, 6) is 0.278. The van der Waals surface area contributed by atoms with Crippen molar-refractivity contribution < 1.29 is 14.4 Å². The Morgan fingerprint density at radius 3 is 2.56 bits per heavy atom. The number of rotatable bonds is 6. The van der Waals surface area contributed by atoms with Gasteiger partial charge in [0.25, 0.3) is 11.8 Å². The molecule has 1 fully saturated rings. The third-order valence-electron chi connectivity index (χ3n) is 7.07. The molecule has 2 aromatic carbocycles. The molecule has 1 aromatic heterocycles. The normalized spacial score (nSPS) is 16.0. The molecule has 0 aliphatic carbocycles. The molecule has 5 rings (SSSR count). The Labute approximate surface area is 215 Å². The highest BCUT2D eigenvalue weighted by Crippen LogP contribution is 2.35. The summed E-state index contributed by atoms with van der Waals surface area (Å²) in [6, 6.07) is 12.6. The first-order valence-electron chi connectivity index (χ1n) is 12.0. The number of anilines is 1. The van der Waals surface area contributed by atoms with E-state index >= 15 is 0 Å². The van der Waals surface area contributed by atoms with Gasteiger partial charge >= 0.3 is 0 Å². The van der Waals surface area contributed by atoms with Gasteiger partial charge in [0.1, 0.15) is 5.82 Å². The van der Waals surface area contributed by atoms with Crippen LogP contribution in [0, 0.1) is 5.92 Å². The SMILES string of the molecule is CN(Cc1nccn1C)C(=O)C1CCN(c2cccc3c2C(=O)N(Cc2cccc(Cl)c2)C3=O)CC1. The Morgan fingerprint density at radius 2 is 1.86 bits per heavy atom. The van der Waals surface area contributed by atoms with Crippen molar-refractivity contribution in [1.82, 2.24) is 19.4 Å². The Bertz CT molecular complexity index is 1330. The molecule has 3 aromatic rings. The van der Waals surface area contributed by atoms with Crippen LogP contribution in [0.1, 0.15) is 44.9 Å². The van der Waals surface area contributed by atoms with Crippen LogP contribution in [0.2, 0.25) is 5.02 Å². The number of halogens is 1. The Balaban J connectivity index is 1.27. The van der Waals surface area contributed by atoms with Crippen LogP contribution in [0.3, 0.4) is 0 Å². The number of fused-ring (bicyclic) bond motifs is 1. The van der Waals surface area contributed by atoms with Crippen molar-refractivity contribution >= 4 is 35.0 Å². The summed E-state index contributed by atoms with van der Waals surface area (Å²) < 4.78 is 1.91. The molecule has 2 aliphatic rings. The maximum atomic E-state index is 13.4. The molecule has 0 radical (unpaired) electrons. The van der Waals surface area contributed by atoms with Gasteiger partial charge in [-0.2, -0.15) is 0 Å². The second kappa shape index (κ2) is 9.78. The summed E-state index contributed by atoms with van der Waals surface area (Å²) >= 11 is 6.09. The van der Waals surface area contributed by atoms with Crippen molar-refractivity contribution in [2.75, 3.05) is 25.0 Å². The van der Waals surface area contributed by atoms with E-state index in [-0.39, 0.29) is 30.2 Å². The maximum Gasteiger partial charge on any atom is 0.263 e. The molecule has 1 saturated heterocycles. The molecule has 3 heterocycles. The standard InChI is InChI=1S/C27H28ClN5O3/c1-30-14-11-29-23(30)17-31(2)25(34)19-9-12-32(13-10-19)22-8-4-7-21-24(22)27(36)33(26(21)35)16-18-5-3-6-20(28)15-18/h3-8,11,14-15,19H,9-10,12-13,16-17H2,1-2H3. The summed E-state index contributed by atoms with van der Waals surface area (Å²) in [5, 5.41) is 0.563. The number of hydrogen-bond donors (Lipinski definition) is 0. The van der Waals surface area contributed by atoms with Crippen molar-refractivity contribution in [3.05, 3.63) is 82.4 Å². The van der Waals surface area contributed by atoms with E-state index in [1.54, 1.807) is 35.4 Å². The lowest BCUT2D eigenvalue weighted by atomic mass is 9.94. The molecule has 3 amide bonds. The van der Waals surface area contributed by atoms with Gasteiger partial charge in [-0.05, 0) is 42.7 Å². The molecule has 9 heteroatoms. The number of hydrogen-bond acceptors (Lipinski definition) is 5. The summed E-state index contributed by atoms with van der Waals surface area (Å²) in [4.78, 5) is 49.0. The molecule has 8 nitrogen and oxygen atoms in total. The zero-order valence-electron chi connectivity index (χ0n) is 20.4. The van der Waals surface area contributed by atoms with E-state index in [9.17, 15) is 14.4 Å². The molecule has 186 valence electrons. The lowest BCUT2D eigenvalue weighted by molar-refractivity contribution is -0.135. The number of imidazole rings is 1. The first kappa shape index (κ1) is 24.1. The van der Waals surface area contributed by atoms with Crippen LogP contribution >= 0.6 is 11.6 Å². The van der Waals surface area contributed by atoms with E-state index < -0.39 is 0 Å². The van der Waals surface area contributed by atoms with Crippen LogP contribution < -0.4 is 4.90 Å². The second-order valence-corrected chi connectivity index (χ2v) is 9.87. The fourth-order valence-electron chi connectivity index (χ4n) is 5.06. The molecule has 0 N–H and O–H groups in total. The van der Waals surface area contributed by atoms with Crippen LogP contribution in [-0.4, -0.2) is 57.2 Å². The molecule has 0 spiro atoms. The molecule has 0 saturated carbocycles. The van der Waals surface area contributed by atoms with E-state index in [1.807, 2.05) is 43.1 Å². The van der Waals surface area contributed by atoms with Crippen molar-refractivity contribution in [1.29, 1.82) is 0 Å². The monoisotopic (exact) mass is 505 g/mol. The average molecular weight is 506 g/mol. The topological polar surface area (TPSA) is 78.8 Å². The summed E-state index contributed by atoms with van der Waals surface area (Å²) in [5.41, 5.74) is 2.42. The Kier molecular flexibility index (Phi) is 6.53. The molecule has 36 heavy (non-hydrogen) atoms. The summed E-state index contributed by atoms with van der Waals surface area (Å²) in [7, 11) is 3.73. The Hall–Kier alpha value is -3.65. The van der Waals surface area contributed by atoms with E-state index in [1.165, 1.54) is 4.90 Å². The molecule has 2 aliphatic heterocycles. The maximum absolute atomic E-state index is 13.4. The van der Waals surface area contributed by atoms with Gasteiger partial charge in [-0.25, -0.2) is 4.98 Å². The molecule has 0 atom stereocenters. The molecule has 0 bridgehead atoms. The number of imide groups is 1. The van der Waals surface area contributed by atoms with Gasteiger partial charge < -0.3 is 14.4 Å². The van der Waals surface area contributed by atoms with Gasteiger partial charge in [-0.3, -0.25) is 19.3 Å². The van der Waals surface area contributed by atoms with Gasteiger partial charge in [0.2, 0.25) is 5.91 Å². The van der Waals surface area contributed by atoms with Gasteiger partial charge in [0.15, 0.2) is 0 Å². The predicted octanol–water partition coefficient (Wildman–Crippen LogP) is 3.74. The van der Waals surface area contributed by atoms with Gasteiger partial charge in [0, 0.05) is 50.5 Å². The lowest BCUT2D eigenvalue weighted by Gasteiger charge is -2.35. The van der Waals surface area contributed by atoms with Crippen LogP contribution in [0.15, 0.2) is 54.9 Å². The van der Waals surface area contributed by atoms with Crippen molar-refractivity contribution in [2.24, 2.45) is 13.0 Å². The minimum Gasteiger partial charge on any atom is -0.371 e. The number of amides is 3. The number of carbonyl (C=O) groups excluding carboxylic acids is 3. The van der Waals surface area contributed by atoms with Gasteiger partial charge in [-0.15, -0.1) is 0 Å². The minimum absolute atomic E-state index is 0.0834. The third-order valence-corrected chi connectivity index (χ3v) is 7.30. The van der Waals surface area contributed by atoms with E-state index in [4.69, 9.17) is 11.6 Å². The van der Waals surface area contributed by atoms with Crippen molar-refractivity contribution in [3.8, 4) is 0 Å². The molecular weight excluding hydrogens is 478 g/mol. The number of aromatic nitrogens is 2. The lowest BCUT2D eigenvalue weighted by Crippen LogP contribution is -2.41. The quantitative estimate of drug-likeness (QED) is 0.477. The summed E-state index contributed by atoms with van der Waals surface area (Å²) in [6.07, 6.45) is 4.96. The van der Waals surface area contributed by atoms with E-state index in [0.29, 0.717) is 48.6 Å². The van der Waals surface area contributed by atoms with Crippen LogP contribution in [0.5, 0.6) is 0 Å². The predicted molar refractivity (Wildman–Crippen MR) is 137 cm³/mol. The molecular formula is C27H28ClN5O3. The number of piperidine rings is 1. The van der Waals surface area contributed by atoms with E-state index in [0.717, 1.165) is 17.1 Å². The van der Waals surface area contributed by atoms with Gasteiger partial charge in [0.05, 0.1) is 29.9 Å². The average Bonchev–Trinajstić information content (AvgIpc) is 3.39. The van der Waals surface area contributed by atoms with Gasteiger partial charge in [-0.1, -0.05) is 29.8 Å². The zero-order valence-corrected chi connectivity index (χ0v) is 21.1. The number of benzene rings is 2. The first-order chi connectivity index (χ1) is 17.3. The van der Waals surface area contributed by atoms with Crippen molar-refractivity contribution in [2.45, 2.75) is 25.9 Å². The van der Waals surface area contributed by atoms with Crippen molar-refractivity contribution in [3.63, 3.8) is 0 Å². The highest BCUT2D eigenvalue weighted by atomic mass is 35.5. The summed E-state index contributed by atoms with van der Waals surface area (Å²) in [6.45, 7) is 1.91. The second-order valence-electron chi connectivity index (χ2n) is 9.44. The zero-order chi connectivity index (χ0) is 25.4. The van der Waals surface area contributed by atoms with Crippen LogP contribution in [0.25, 0.3) is 0 Å². The first-order valence-corrected chi connectivity index (χ1v) is 12.4. The fourth-order valence-corrected chi connectivity index (χ4v) is 5.27. The third kappa shape index (κ3) is 4.48. The minimum atomic E-state index is -0.294. The number of nitrogens with zero attached hydrogens (tertiary/aromatic N) is 5. The largest absolute Gasteiger partial charge is 0.371 e. The number of carbonyl (C=O) groups is 3. The highest BCUT2D eigenvalue weighted by Gasteiger charge is 2.39. The van der Waals surface area contributed by atoms with Crippen LogP contribution in [-0.2, 0) is 24.9 Å². The highest BCUT2D eigenvalue weighted by molar-refractivity contribution is 6.30. The van der Waals surface area contributed by atoms with E-state index in [2.05, 4.69) is 9.88 Å². The number of aryl methyl sites for hydroxylation is 1. The smallest absolute Gasteiger partial charge is 0.263 e. The molecule has 0 unspecified atom stereocenters. The Morgan fingerprint density at radius 1 is 1.11 bits per heavy atom. The van der Waals surface area contributed by atoms with Crippen LogP contribution in [0.4, 0.5) is 5.69 Å². The fraction of sp³-hybridized carbons (Fsp3) is 0.333.